The first-order chi connectivity index (χ1) is 11.9. The van der Waals surface area contributed by atoms with Gasteiger partial charge in [0.15, 0.2) is 0 Å². The first kappa shape index (κ1) is 17.6. The van der Waals surface area contributed by atoms with Crippen LogP contribution >= 0.6 is 0 Å². The lowest BCUT2D eigenvalue weighted by Crippen LogP contribution is -2.55. The summed E-state index contributed by atoms with van der Waals surface area (Å²) in [6.45, 7) is 5.34. The number of morpholine rings is 1. The Hall–Kier alpha value is -2.18. The predicted molar refractivity (Wildman–Crippen MR) is 92.9 cm³/mol. The number of aromatic nitrogens is 1. The summed E-state index contributed by atoms with van der Waals surface area (Å²) in [5, 5.41) is 0. The van der Waals surface area contributed by atoms with Gasteiger partial charge in [-0.15, -0.1) is 0 Å². The zero-order valence-corrected chi connectivity index (χ0v) is 14.7. The van der Waals surface area contributed by atoms with Crippen LogP contribution in [0.3, 0.4) is 0 Å². The van der Waals surface area contributed by atoms with E-state index in [-0.39, 0.29) is 17.8 Å². The minimum Gasteiger partial charge on any atom is -0.382 e. The van der Waals surface area contributed by atoms with Crippen molar-refractivity contribution in [2.75, 3.05) is 26.8 Å². The number of nitrogens with zero attached hydrogens (tertiary/aromatic N) is 1. The molecule has 0 bridgehead atoms. The van der Waals surface area contributed by atoms with Gasteiger partial charge in [-0.2, -0.15) is 0 Å². The minimum absolute atomic E-state index is 0.0712. The summed E-state index contributed by atoms with van der Waals surface area (Å²) in [6, 6.07) is 6.13. The van der Waals surface area contributed by atoms with Gasteiger partial charge < -0.3 is 19.4 Å². The molecule has 6 heteroatoms. The van der Waals surface area contributed by atoms with E-state index >= 15 is 0 Å². The number of hydrogen-bond donors (Lipinski definition) is 1. The summed E-state index contributed by atoms with van der Waals surface area (Å²) in [5.41, 5.74) is 1.69. The van der Waals surface area contributed by atoms with Crippen LogP contribution in [0, 0.1) is 5.82 Å². The number of rotatable bonds is 4. The highest BCUT2D eigenvalue weighted by atomic mass is 19.1. The van der Waals surface area contributed by atoms with Crippen LogP contribution in [0.1, 0.15) is 24.2 Å². The van der Waals surface area contributed by atoms with Gasteiger partial charge in [0.05, 0.1) is 23.9 Å². The number of methoxy groups -OCH3 is 1. The summed E-state index contributed by atoms with van der Waals surface area (Å²) in [6.07, 6.45) is 3.29. The van der Waals surface area contributed by atoms with Crippen LogP contribution in [-0.4, -0.2) is 54.3 Å². The molecule has 3 rings (SSSR count). The Labute approximate surface area is 146 Å². The molecule has 1 fully saturated rings. The highest BCUT2D eigenvalue weighted by Gasteiger charge is 2.36. The third-order valence-corrected chi connectivity index (χ3v) is 4.25. The van der Waals surface area contributed by atoms with E-state index in [1.165, 1.54) is 12.1 Å². The van der Waals surface area contributed by atoms with Crippen molar-refractivity contribution >= 4 is 5.91 Å². The predicted octanol–water partition coefficient (Wildman–Crippen LogP) is 3.09. The molecule has 2 heterocycles. The number of aromatic amines is 1. The van der Waals surface area contributed by atoms with E-state index in [0.29, 0.717) is 25.3 Å². The van der Waals surface area contributed by atoms with Crippen molar-refractivity contribution in [3.05, 3.63) is 48.0 Å². The Balaban J connectivity index is 1.86. The normalized spacial score (nSPS) is 19.8. The molecular weight excluding hydrogens is 323 g/mol. The lowest BCUT2D eigenvalue weighted by Gasteiger charge is -2.42. The second-order valence-corrected chi connectivity index (χ2v) is 6.93. The number of hydrogen-bond acceptors (Lipinski definition) is 3. The fourth-order valence-electron chi connectivity index (χ4n) is 3.30. The molecule has 25 heavy (non-hydrogen) atoms. The summed E-state index contributed by atoms with van der Waals surface area (Å²) in [5.74, 6) is -0.373. The molecule has 2 aromatic rings. The van der Waals surface area contributed by atoms with Crippen molar-refractivity contribution < 1.29 is 18.7 Å². The molecule has 0 unspecified atom stereocenters. The molecule has 5 nitrogen and oxygen atoms in total. The highest BCUT2D eigenvalue weighted by molar-refractivity contribution is 6.00. The van der Waals surface area contributed by atoms with Crippen molar-refractivity contribution in [2.45, 2.75) is 25.6 Å². The van der Waals surface area contributed by atoms with Crippen LogP contribution in [0.25, 0.3) is 11.1 Å². The second-order valence-electron chi connectivity index (χ2n) is 6.93. The van der Waals surface area contributed by atoms with Gasteiger partial charge in [-0.1, -0.05) is 12.1 Å². The zero-order valence-electron chi connectivity index (χ0n) is 14.7. The molecule has 0 spiro atoms. The standard InChI is InChI=1S/C19H23FN2O3/c1-19(2)12-22(10-15(25-19)11-24-3)18(23)17-9-21-8-16(17)13-4-6-14(20)7-5-13/h4-9,15,21H,10-12H2,1-3H3/t15-/m1/s1. The van der Waals surface area contributed by atoms with Crippen LogP contribution in [0.15, 0.2) is 36.7 Å². The number of benzene rings is 1. The molecule has 134 valence electrons. The third kappa shape index (κ3) is 3.91. The van der Waals surface area contributed by atoms with E-state index in [0.717, 1.165) is 11.1 Å². The molecule has 1 aromatic heterocycles. The summed E-state index contributed by atoms with van der Waals surface area (Å²) in [4.78, 5) is 17.9. The quantitative estimate of drug-likeness (QED) is 0.926. The third-order valence-electron chi connectivity index (χ3n) is 4.25. The van der Waals surface area contributed by atoms with Crippen molar-refractivity contribution in [2.24, 2.45) is 0 Å². The maximum absolute atomic E-state index is 13.2. The van der Waals surface area contributed by atoms with Crippen molar-refractivity contribution in [1.29, 1.82) is 0 Å². The largest absolute Gasteiger partial charge is 0.382 e. The van der Waals surface area contributed by atoms with Gasteiger partial charge in [0, 0.05) is 38.2 Å². The summed E-state index contributed by atoms with van der Waals surface area (Å²) < 4.78 is 24.3. The summed E-state index contributed by atoms with van der Waals surface area (Å²) >= 11 is 0. The zero-order chi connectivity index (χ0) is 18.0. The monoisotopic (exact) mass is 346 g/mol. The fraction of sp³-hybridized carbons (Fsp3) is 0.421. The van der Waals surface area contributed by atoms with Crippen molar-refractivity contribution in [3.8, 4) is 11.1 Å². The number of halogens is 1. The van der Waals surface area contributed by atoms with Gasteiger partial charge in [0.1, 0.15) is 5.82 Å². The number of H-pyrrole nitrogens is 1. The van der Waals surface area contributed by atoms with Gasteiger partial charge in [-0.25, -0.2) is 4.39 Å². The molecule has 1 saturated heterocycles. The van der Waals surface area contributed by atoms with Crippen molar-refractivity contribution in [3.63, 3.8) is 0 Å². The Bertz CT molecular complexity index is 739. The van der Waals surface area contributed by atoms with Crippen LogP contribution in [0.5, 0.6) is 0 Å². The van der Waals surface area contributed by atoms with Crippen molar-refractivity contribution in [1.82, 2.24) is 9.88 Å². The van der Waals surface area contributed by atoms with E-state index < -0.39 is 5.60 Å². The molecule has 0 saturated carbocycles. The number of amides is 1. The van der Waals surface area contributed by atoms with Gasteiger partial charge in [0.2, 0.25) is 0 Å². The van der Waals surface area contributed by atoms with Crippen LogP contribution in [0.2, 0.25) is 0 Å². The number of carbonyl (C=O) groups is 1. The average Bonchev–Trinajstić information content (AvgIpc) is 3.03. The number of carbonyl (C=O) groups excluding carboxylic acids is 1. The molecule has 1 atom stereocenters. The lowest BCUT2D eigenvalue weighted by molar-refractivity contribution is -0.143. The molecule has 1 N–H and O–H groups in total. The fourth-order valence-corrected chi connectivity index (χ4v) is 3.30. The SMILES string of the molecule is COC[C@H]1CN(C(=O)c2c[nH]cc2-c2ccc(F)cc2)CC(C)(C)O1. The van der Waals surface area contributed by atoms with E-state index in [4.69, 9.17) is 9.47 Å². The number of ether oxygens (including phenoxy) is 2. The molecular formula is C19H23FN2O3. The maximum atomic E-state index is 13.2. The molecule has 1 aliphatic heterocycles. The molecule has 0 aliphatic carbocycles. The van der Waals surface area contributed by atoms with Crippen LogP contribution in [0.4, 0.5) is 4.39 Å². The Morgan fingerprint density at radius 1 is 1.36 bits per heavy atom. The van der Waals surface area contributed by atoms with E-state index in [9.17, 15) is 9.18 Å². The molecule has 1 aromatic carbocycles. The Morgan fingerprint density at radius 3 is 2.76 bits per heavy atom. The smallest absolute Gasteiger partial charge is 0.256 e. The van der Waals surface area contributed by atoms with Gasteiger partial charge >= 0.3 is 0 Å². The first-order valence-corrected chi connectivity index (χ1v) is 8.28. The lowest BCUT2D eigenvalue weighted by atomic mass is 10.0. The molecule has 0 radical (unpaired) electrons. The van der Waals surface area contributed by atoms with Gasteiger partial charge in [-0.3, -0.25) is 4.79 Å². The van der Waals surface area contributed by atoms with Crippen LogP contribution in [-0.2, 0) is 9.47 Å². The second kappa shape index (κ2) is 6.98. The Morgan fingerprint density at radius 2 is 2.08 bits per heavy atom. The molecule has 1 aliphatic rings. The average molecular weight is 346 g/mol. The maximum Gasteiger partial charge on any atom is 0.256 e. The van der Waals surface area contributed by atoms with Gasteiger partial charge in [-0.05, 0) is 31.5 Å². The molecule has 1 amide bonds. The van der Waals surface area contributed by atoms with Gasteiger partial charge in [0.25, 0.3) is 5.91 Å². The highest BCUT2D eigenvalue weighted by Crippen LogP contribution is 2.28. The first-order valence-electron chi connectivity index (χ1n) is 8.28. The van der Waals surface area contributed by atoms with E-state index in [2.05, 4.69) is 4.98 Å². The topological polar surface area (TPSA) is 54.6 Å². The minimum atomic E-state index is -0.441. The van der Waals surface area contributed by atoms with E-state index in [1.54, 1.807) is 36.5 Å². The van der Waals surface area contributed by atoms with Crippen LogP contribution < -0.4 is 0 Å². The van der Waals surface area contributed by atoms with E-state index in [1.807, 2.05) is 13.8 Å². The summed E-state index contributed by atoms with van der Waals surface area (Å²) in [7, 11) is 1.62. The number of nitrogens with one attached hydrogen (secondary N) is 1. The Kier molecular flexibility index (Phi) is 4.92.